The first-order chi connectivity index (χ1) is 8.35. The van der Waals surface area contributed by atoms with E-state index in [0.29, 0.717) is 5.92 Å². The molecule has 0 amide bonds. The Morgan fingerprint density at radius 2 is 1.88 bits per heavy atom. The van der Waals surface area contributed by atoms with Crippen LogP contribution in [0.4, 0.5) is 0 Å². The predicted octanol–water partition coefficient (Wildman–Crippen LogP) is 1.95. The number of fused-ring (bicyclic) bond motifs is 3. The number of nitrogens with one attached hydrogen (secondary N) is 1. The van der Waals surface area contributed by atoms with E-state index in [4.69, 9.17) is 9.47 Å². The predicted molar refractivity (Wildman–Crippen MR) is 67.0 cm³/mol. The van der Waals surface area contributed by atoms with Gasteiger partial charge in [-0.3, -0.25) is 0 Å². The highest BCUT2D eigenvalue weighted by Gasteiger charge is 2.36. The lowest BCUT2D eigenvalue weighted by Gasteiger charge is -2.30. The monoisotopic (exact) mass is 233 g/mol. The van der Waals surface area contributed by atoms with Gasteiger partial charge in [-0.25, -0.2) is 0 Å². The minimum Gasteiger partial charge on any atom is -0.496 e. The van der Waals surface area contributed by atoms with Gasteiger partial charge in [0.25, 0.3) is 0 Å². The third-order valence-electron chi connectivity index (χ3n) is 4.19. The zero-order chi connectivity index (χ0) is 11.8. The smallest absolute Gasteiger partial charge is 0.122 e. The van der Waals surface area contributed by atoms with Gasteiger partial charge in [-0.15, -0.1) is 0 Å². The first-order valence-electron chi connectivity index (χ1n) is 6.29. The van der Waals surface area contributed by atoms with Gasteiger partial charge in [-0.05, 0) is 37.4 Å². The molecule has 1 saturated heterocycles. The van der Waals surface area contributed by atoms with E-state index in [-0.39, 0.29) is 0 Å². The SMILES string of the molecule is COc1ccc(OC)c2c1CCC1CNCC21. The Morgan fingerprint density at radius 3 is 2.65 bits per heavy atom. The lowest BCUT2D eigenvalue weighted by Crippen LogP contribution is -2.20. The summed E-state index contributed by atoms with van der Waals surface area (Å²) in [6, 6.07) is 4.07. The van der Waals surface area contributed by atoms with E-state index >= 15 is 0 Å². The highest BCUT2D eigenvalue weighted by atomic mass is 16.5. The fourth-order valence-electron chi connectivity index (χ4n) is 3.36. The standard InChI is InChI=1S/C14H19NO2/c1-16-12-5-6-13(17-2)14-10(12)4-3-9-7-15-8-11(9)14/h5-6,9,11,15H,3-4,7-8H2,1-2H3. The summed E-state index contributed by atoms with van der Waals surface area (Å²) in [4.78, 5) is 0. The summed E-state index contributed by atoms with van der Waals surface area (Å²) in [5.41, 5.74) is 2.74. The Hall–Kier alpha value is -1.22. The summed E-state index contributed by atoms with van der Waals surface area (Å²) in [6.07, 6.45) is 2.37. The van der Waals surface area contributed by atoms with E-state index in [2.05, 4.69) is 5.32 Å². The average molecular weight is 233 g/mol. The first kappa shape index (κ1) is 10.9. The summed E-state index contributed by atoms with van der Waals surface area (Å²) in [5.74, 6) is 3.41. The maximum atomic E-state index is 5.54. The summed E-state index contributed by atoms with van der Waals surface area (Å²) >= 11 is 0. The molecule has 2 atom stereocenters. The van der Waals surface area contributed by atoms with Gasteiger partial charge in [-0.2, -0.15) is 0 Å². The van der Waals surface area contributed by atoms with Crippen molar-refractivity contribution in [1.82, 2.24) is 5.32 Å². The van der Waals surface area contributed by atoms with Gasteiger partial charge >= 0.3 is 0 Å². The van der Waals surface area contributed by atoms with Crippen molar-refractivity contribution in [2.45, 2.75) is 18.8 Å². The van der Waals surface area contributed by atoms with Crippen molar-refractivity contribution < 1.29 is 9.47 Å². The van der Waals surface area contributed by atoms with Gasteiger partial charge in [0, 0.05) is 23.6 Å². The van der Waals surface area contributed by atoms with E-state index in [1.54, 1.807) is 14.2 Å². The van der Waals surface area contributed by atoms with Crippen molar-refractivity contribution in [1.29, 1.82) is 0 Å². The summed E-state index contributed by atoms with van der Waals surface area (Å²) in [7, 11) is 3.51. The Balaban J connectivity index is 2.13. The van der Waals surface area contributed by atoms with Crippen LogP contribution in [0.1, 0.15) is 23.5 Å². The van der Waals surface area contributed by atoms with E-state index in [1.165, 1.54) is 17.5 Å². The zero-order valence-corrected chi connectivity index (χ0v) is 10.5. The molecule has 1 aromatic rings. The van der Waals surface area contributed by atoms with Crippen molar-refractivity contribution in [3.8, 4) is 11.5 Å². The molecular formula is C14H19NO2. The molecular weight excluding hydrogens is 214 g/mol. The fourth-order valence-corrected chi connectivity index (χ4v) is 3.36. The normalized spacial score (nSPS) is 26.2. The third kappa shape index (κ3) is 1.61. The Morgan fingerprint density at radius 1 is 1.12 bits per heavy atom. The van der Waals surface area contributed by atoms with E-state index in [0.717, 1.165) is 36.9 Å². The van der Waals surface area contributed by atoms with Crippen molar-refractivity contribution >= 4 is 0 Å². The summed E-state index contributed by atoms with van der Waals surface area (Å²) in [6.45, 7) is 2.21. The minimum atomic E-state index is 0.601. The lowest BCUT2D eigenvalue weighted by atomic mass is 9.76. The molecule has 0 radical (unpaired) electrons. The average Bonchev–Trinajstić information content (AvgIpc) is 2.85. The summed E-state index contributed by atoms with van der Waals surface area (Å²) < 4.78 is 11.0. The lowest BCUT2D eigenvalue weighted by molar-refractivity contribution is 0.367. The molecule has 2 aliphatic rings. The molecule has 1 aliphatic heterocycles. The van der Waals surface area contributed by atoms with Crippen LogP contribution in [0.5, 0.6) is 11.5 Å². The Bertz CT molecular complexity index is 430. The summed E-state index contributed by atoms with van der Waals surface area (Å²) in [5, 5.41) is 3.50. The molecule has 3 nitrogen and oxygen atoms in total. The Labute approximate surface area is 102 Å². The van der Waals surface area contributed by atoms with E-state index in [9.17, 15) is 0 Å². The molecule has 3 rings (SSSR count). The molecule has 1 aliphatic carbocycles. The van der Waals surface area contributed by atoms with Crippen molar-refractivity contribution in [2.24, 2.45) is 5.92 Å². The van der Waals surface area contributed by atoms with Crippen LogP contribution in [0, 0.1) is 5.92 Å². The van der Waals surface area contributed by atoms with Crippen LogP contribution < -0.4 is 14.8 Å². The van der Waals surface area contributed by atoms with Gasteiger partial charge in [0.05, 0.1) is 14.2 Å². The molecule has 0 saturated carbocycles. The topological polar surface area (TPSA) is 30.5 Å². The zero-order valence-electron chi connectivity index (χ0n) is 10.5. The molecule has 3 heteroatoms. The molecule has 1 fully saturated rings. The van der Waals surface area contributed by atoms with E-state index < -0.39 is 0 Å². The second-order valence-electron chi connectivity index (χ2n) is 4.93. The van der Waals surface area contributed by atoms with Gasteiger partial charge in [0.15, 0.2) is 0 Å². The number of rotatable bonds is 2. The maximum absolute atomic E-state index is 5.54. The molecule has 1 heterocycles. The number of hydrogen-bond donors (Lipinski definition) is 1. The number of benzene rings is 1. The van der Waals surface area contributed by atoms with Crippen LogP contribution in [0.3, 0.4) is 0 Å². The second kappa shape index (κ2) is 4.22. The largest absolute Gasteiger partial charge is 0.496 e. The molecule has 1 N–H and O–H groups in total. The van der Waals surface area contributed by atoms with Crippen LogP contribution in [0.2, 0.25) is 0 Å². The van der Waals surface area contributed by atoms with Crippen LogP contribution in [0.15, 0.2) is 12.1 Å². The first-order valence-corrected chi connectivity index (χ1v) is 6.29. The molecule has 0 spiro atoms. The van der Waals surface area contributed by atoms with Crippen molar-refractivity contribution in [2.75, 3.05) is 27.3 Å². The van der Waals surface area contributed by atoms with Crippen LogP contribution in [-0.4, -0.2) is 27.3 Å². The van der Waals surface area contributed by atoms with Gasteiger partial charge in [0.1, 0.15) is 11.5 Å². The fraction of sp³-hybridized carbons (Fsp3) is 0.571. The highest BCUT2D eigenvalue weighted by Crippen LogP contribution is 2.46. The highest BCUT2D eigenvalue weighted by molar-refractivity contribution is 5.52. The molecule has 2 unspecified atom stereocenters. The Kier molecular flexibility index (Phi) is 2.71. The number of methoxy groups -OCH3 is 2. The van der Waals surface area contributed by atoms with Crippen LogP contribution in [0.25, 0.3) is 0 Å². The van der Waals surface area contributed by atoms with Crippen molar-refractivity contribution in [3.63, 3.8) is 0 Å². The second-order valence-corrected chi connectivity index (χ2v) is 4.93. The molecule has 0 aromatic heterocycles. The van der Waals surface area contributed by atoms with Gasteiger partial charge < -0.3 is 14.8 Å². The quantitative estimate of drug-likeness (QED) is 0.847. The van der Waals surface area contributed by atoms with E-state index in [1.807, 2.05) is 12.1 Å². The van der Waals surface area contributed by atoms with Gasteiger partial charge in [-0.1, -0.05) is 0 Å². The molecule has 17 heavy (non-hydrogen) atoms. The third-order valence-corrected chi connectivity index (χ3v) is 4.19. The molecule has 1 aromatic carbocycles. The maximum Gasteiger partial charge on any atom is 0.122 e. The van der Waals surface area contributed by atoms with Crippen LogP contribution >= 0.6 is 0 Å². The minimum absolute atomic E-state index is 0.601. The van der Waals surface area contributed by atoms with Crippen molar-refractivity contribution in [3.05, 3.63) is 23.3 Å². The van der Waals surface area contributed by atoms with Crippen LogP contribution in [-0.2, 0) is 6.42 Å². The number of hydrogen-bond acceptors (Lipinski definition) is 3. The number of ether oxygens (including phenoxy) is 2. The molecule has 0 bridgehead atoms. The van der Waals surface area contributed by atoms with Gasteiger partial charge in [0.2, 0.25) is 0 Å². The molecule has 92 valence electrons.